The topological polar surface area (TPSA) is 134 Å². The largest absolute Gasteiger partial charge is 0.490 e. The summed E-state index contributed by atoms with van der Waals surface area (Å²) in [6, 6.07) is 2.41. The van der Waals surface area contributed by atoms with Gasteiger partial charge in [-0.1, -0.05) is 0 Å². The van der Waals surface area contributed by atoms with Gasteiger partial charge in [0.25, 0.3) is 0 Å². The van der Waals surface area contributed by atoms with Crippen LogP contribution in [0.3, 0.4) is 0 Å². The Balaban J connectivity index is 0.000000448. The number of rotatable bonds is 6. The van der Waals surface area contributed by atoms with Gasteiger partial charge in [-0.3, -0.25) is 0 Å². The number of aromatic nitrogens is 6. The number of H-pyrrole nitrogens is 1. The van der Waals surface area contributed by atoms with Gasteiger partial charge in [-0.05, 0) is 12.1 Å². The minimum absolute atomic E-state index is 0.0778. The predicted molar refractivity (Wildman–Crippen MR) is 121 cm³/mol. The lowest BCUT2D eigenvalue weighted by molar-refractivity contribution is -0.192. The fourth-order valence-electron chi connectivity index (χ4n) is 3.56. The molecule has 4 heterocycles. The van der Waals surface area contributed by atoms with Crippen molar-refractivity contribution in [3.05, 3.63) is 41.4 Å². The second-order valence-corrected chi connectivity index (χ2v) is 8.04. The SMILES string of the molecule is Fc1ccc2[nH]c(CNc3nc(N4CCOCC4)nc4c(CC(F)F)cnn34)nc2c1F.O=C(O)C(F)(F)F. The van der Waals surface area contributed by atoms with Crippen LogP contribution in [0.1, 0.15) is 11.4 Å². The van der Waals surface area contributed by atoms with E-state index in [9.17, 15) is 30.7 Å². The highest BCUT2D eigenvalue weighted by Gasteiger charge is 2.38. The van der Waals surface area contributed by atoms with Crippen molar-refractivity contribution in [3.63, 3.8) is 0 Å². The van der Waals surface area contributed by atoms with Crippen LogP contribution >= 0.6 is 0 Å². The zero-order chi connectivity index (χ0) is 28.3. The van der Waals surface area contributed by atoms with Crippen molar-refractivity contribution in [1.29, 1.82) is 0 Å². The summed E-state index contributed by atoms with van der Waals surface area (Å²) in [5.41, 5.74) is 0.797. The number of carboxylic acids is 1. The van der Waals surface area contributed by atoms with Gasteiger partial charge in [0.15, 0.2) is 17.3 Å². The first-order valence-corrected chi connectivity index (χ1v) is 11.2. The van der Waals surface area contributed by atoms with Gasteiger partial charge in [-0.25, -0.2) is 27.3 Å². The number of nitrogens with zero attached hydrogens (tertiary/aromatic N) is 6. The summed E-state index contributed by atoms with van der Waals surface area (Å²) in [5, 5.41) is 14.3. The van der Waals surface area contributed by atoms with Gasteiger partial charge >= 0.3 is 12.1 Å². The summed E-state index contributed by atoms with van der Waals surface area (Å²) in [4.78, 5) is 26.8. The molecule has 0 spiro atoms. The number of nitrogens with one attached hydrogen (secondary N) is 2. The first kappa shape index (κ1) is 27.8. The number of benzene rings is 1. The van der Waals surface area contributed by atoms with E-state index in [1.807, 2.05) is 4.90 Å². The number of halogens is 7. The molecule has 3 N–H and O–H groups in total. The lowest BCUT2D eigenvalue weighted by Crippen LogP contribution is -2.37. The van der Waals surface area contributed by atoms with Crippen molar-refractivity contribution >= 4 is 34.5 Å². The molecule has 0 unspecified atom stereocenters. The third-order valence-electron chi connectivity index (χ3n) is 5.35. The van der Waals surface area contributed by atoms with Crippen molar-refractivity contribution in [2.45, 2.75) is 25.6 Å². The molecule has 1 saturated heterocycles. The summed E-state index contributed by atoms with van der Waals surface area (Å²) in [7, 11) is 0. The summed E-state index contributed by atoms with van der Waals surface area (Å²) in [6.45, 7) is 2.20. The summed E-state index contributed by atoms with van der Waals surface area (Å²) < 4.78 is 91.9. The number of carboxylic acid groups (broad SMARTS) is 1. The Labute approximate surface area is 213 Å². The average molecular weight is 564 g/mol. The number of hydrogen-bond donors (Lipinski definition) is 3. The number of carbonyl (C=O) groups is 1. The number of imidazole rings is 1. The first-order chi connectivity index (χ1) is 18.4. The zero-order valence-corrected chi connectivity index (χ0v) is 19.6. The molecule has 5 rings (SSSR count). The third kappa shape index (κ3) is 6.44. The number of fused-ring (bicyclic) bond motifs is 2. The van der Waals surface area contributed by atoms with E-state index in [0.717, 1.165) is 6.07 Å². The van der Waals surface area contributed by atoms with E-state index in [0.29, 0.717) is 49.2 Å². The molecule has 0 radical (unpaired) electrons. The highest BCUT2D eigenvalue weighted by molar-refractivity contribution is 5.76. The molecular formula is C21H19F7N8O3. The van der Waals surface area contributed by atoms with Crippen LogP contribution in [0.5, 0.6) is 0 Å². The van der Waals surface area contributed by atoms with Crippen LogP contribution < -0.4 is 10.2 Å². The molecule has 1 aromatic carbocycles. The van der Waals surface area contributed by atoms with Gasteiger partial charge in [0.1, 0.15) is 11.3 Å². The van der Waals surface area contributed by atoms with Gasteiger partial charge in [0, 0.05) is 25.1 Å². The number of alkyl halides is 5. The maximum Gasteiger partial charge on any atom is 0.490 e. The van der Waals surface area contributed by atoms with E-state index in [2.05, 4.69) is 30.4 Å². The summed E-state index contributed by atoms with van der Waals surface area (Å²) >= 11 is 0. The van der Waals surface area contributed by atoms with Crippen molar-refractivity contribution in [1.82, 2.24) is 29.5 Å². The molecule has 1 aliphatic heterocycles. The molecule has 18 heteroatoms. The molecule has 0 bridgehead atoms. The molecule has 1 aliphatic rings. The van der Waals surface area contributed by atoms with Gasteiger partial charge in [-0.2, -0.15) is 32.8 Å². The van der Waals surface area contributed by atoms with Crippen molar-refractivity contribution in [2.24, 2.45) is 0 Å². The van der Waals surface area contributed by atoms with Crippen molar-refractivity contribution < 1.29 is 45.4 Å². The van der Waals surface area contributed by atoms with Gasteiger partial charge in [0.2, 0.25) is 18.3 Å². The van der Waals surface area contributed by atoms with Crippen LogP contribution in [0.2, 0.25) is 0 Å². The van der Waals surface area contributed by atoms with Crippen LogP contribution in [0.15, 0.2) is 18.3 Å². The second kappa shape index (κ2) is 11.3. The predicted octanol–water partition coefficient (Wildman–Crippen LogP) is 3.17. The van der Waals surface area contributed by atoms with E-state index < -0.39 is 36.6 Å². The Morgan fingerprint density at radius 2 is 1.85 bits per heavy atom. The number of aliphatic carboxylic acids is 1. The van der Waals surface area contributed by atoms with Crippen molar-refractivity contribution in [3.8, 4) is 0 Å². The standard InChI is InChI=1S/C19H18F4N8O.C2HF3O2/c20-11-1-2-12-16(15(11)23)27-14(26-12)9-24-18-29-19(30-3-5-32-6-4-30)28-17-10(7-13(21)22)8-25-31(17)18;3-2(4,5)1(6)7/h1-2,8,13H,3-7,9H2,(H,26,27)(H,24,28,29);(H,6,7). The van der Waals surface area contributed by atoms with Crippen LogP contribution in [-0.4, -0.2) is 79.5 Å². The number of aromatic amines is 1. The molecule has 0 saturated carbocycles. The number of anilines is 2. The number of morpholine rings is 1. The molecular weight excluding hydrogens is 545 g/mol. The molecule has 4 aromatic rings. The Kier molecular flexibility index (Phi) is 8.03. The molecule has 3 aromatic heterocycles. The smallest absolute Gasteiger partial charge is 0.475 e. The molecule has 0 amide bonds. The summed E-state index contributed by atoms with van der Waals surface area (Å²) in [5.74, 6) is -3.83. The monoisotopic (exact) mass is 564 g/mol. The quantitative estimate of drug-likeness (QED) is 0.302. The highest BCUT2D eigenvalue weighted by Crippen LogP contribution is 2.22. The third-order valence-corrected chi connectivity index (χ3v) is 5.35. The van der Waals surface area contributed by atoms with Crippen LogP contribution in [-0.2, 0) is 22.5 Å². The Hall–Kier alpha value is -4.22. The van der Waals surface area contributed by atoms with Gasteiger partial charge in [-0.15, -0.1) is 0 Å². The summed E-state index contributed by atoms with van der Waals surface area (Å²) in [6.07, 6.45) is -6.78. The number of hydrogen-bond acceptors (Lipinski definition) is 8. The minimum Gasteiger partial charge on any atom is -0.475 e. The lowest BCUT2D eigenvalue weighted by atomic mass is 10.2. The van der Waals surface area contributed by atoms with Gasteiger partial charge in [0.05, 0.1) is 31.5 Å². The molecule has 0 aliphatic carbocycles. The van der Waals surface area contributed by atoms with Gasteiger partial charge < -0.3 is 25.0 Å². The van der Waals surface area contributed by atoms with E-state index in [1.54, 1.807) is 0 Å². The molecule has 0 atom stereocenters. The highest BCUT2D eigenvalue weighted by atomic mass is 19.4. The molecule has 210 valence electrons. The Bertz CT molecular complexity index is 1470. The number of ether oxygens (including phenoxy) is 1. The second-order valence-electron chi connectivity index (χ2n) is 8.04. The van der Waals surface area contributed by atoms with Crippen molar-refractivity contribution in [2.75, 3.05) is 36.5 Å². The normalized spacial score (nSPS) is 14.1. The van der Waals surface area contributed by atoms with Crippen LogP contribution in [0.25, 0.3) is 16.7 Å². The van der Waals surface area contributed by atoms with E-state index in [4.69, 9.17) is 14.6 Å². The van der Waals surface area contributed by atoms with Crippen LogP contribution in [0.4, 0.5) is 42.6 Å². The van der Waals surface area contributed by atoms with E-state index in [-0.39, 0.29) is 23.7 Å². The van der Waals surface area contributed by atoms with Crippen LogP contribution in [0, 0.1) is 11.6 Å². The minimum atomic E-state index is -5.08. The average Bonchev–Trinajstić information content (AvgIpc) is 3.49. The lowest BCUT2D eigenvalue weighted by Gasteiger charge is -2.27. The zero-order valence-electron chi connectivity index (χ0n) is 19.6. The van der Waals surface area contributed by atoms with E-state index >= 15 is 0 Å². The van der Waals surface area contributed by atoms with E-state index in [1.165, 1.54) is 16.8 Å². The molecule has 39 heavy (non-hydrogen) atoms. The fourth-order valence-corrected chi connectivity index (χ4v) is 3.56. The maximum atomic E-state index is 14.0. The molecule has 11 nitrogen and oxygen atoms in total. The Morgan fingerprint density at radius 1 is 1.15 bits per heavy atom. The fraction of sp³-hybridized carbons (Fsp3) is 0.381. The Morgan fingerprint density at radius 3 is 2.49 bits per heavy atom. The molecule has 1 fully saturated rings. The first-order valence-electron chi connectivity index (χ1n) is 11.2. The maximum absolute atomic E-state index is 14.0.